The molecule has 106 valence electrons. The summed E-state index contributed by atoms with van der Waals surface area (Å²) in [5.41, 5.74) is 4.03. The SMILES string of the molecule is CCOC(=O)[C@H]1SC(=Nc2ccc(C)c(C)c2)N=C1C. The highest BCUT2D eigenvalue weighted by Crippen LogP contribution is 2.28. The maximum atomic E-state index is 11.8. The third kappa shape index (κ3) is 3.28. The first-order valence-electron chi connectivity index (χ1n) is 6.55. The Morgan fingerprint density at radius 1 is 1.35 bits per heavy atom. The number of aliphatic imine (C=N–C) groups is 2. The molecule has 0 aromatic heterocycles. The predicted molar refractivity (Wildman–Crippen MR) is 84.1 cm³/mol. The number of rotatable bonds is 3. The predicted octanol–water partition coefficient (Wildman–Crippen LogP) is 3.43. The average Bonchev–Trinajstić information content (AvgIpc) is 2.75. The van der Waals surface area contributed by atoms with Crippen LogP contribution in [0.15, 0.2) is 28.2 Å². The summed E-state index contributed by atoms with van der Waals surface area (Å²) in [4.78, 5) is 20.6. The molecule has 5 heteroatoms. The summed E-state index contributed by atoms with van der Waals surface area (Å²) in [5.74, 6) is -0.246. The topological polar surface area (TPSA) is 51.0 Å². The van der Waals surface area contributed by atoms with E-state index in [0.717, 1.165) is 11.4 Å². The van der Waals surface area contributed by atoms with Gasteiger partial charge in [-0.3, -0.25) is 4.79 Å². The summed E-state index contributed by atoms with van der Waals surface area (Å²) >= 11 is 1.34. The molecule has 20 heavy (non-hydrogen) atoms. The summed E-state index contributed by atoms with van der Waals surface area (Å²) < 4.78 is 5.03. The van der Waals surface area contributed by atoms with Crippen molar-refractivity contribution in [2.75, 3.05) is 6.61 Å². The van der Waals surface area contributed by atoms with Crippen LogP contribution in [-0.4, -0.2) is 28.7 Å². The summed E-state index contributed by atoms with van der Waals surface area (Å²) in [6.07, 6.45) is 0. The van der Waals surface area contributed by atoms with Crippen LogP contribution >= 0.6 is 11.8 Å². The van der Waals surface area contributed by atoms with E-state index in [4.69, 9.17) is 4.74 Å². The van der Waals surface area contributed by atoms with Gasteiger partial charge in [0.25, 0.3) is 0 Å². The van der Waals surface area contributed by atoms with Crippen molar-refractivity contribution in [1.82, 2.24) is 0 Å². The number of hydrogen-bond donors (Lipinski definition) is 0. The molecular weight excluding hydrogens is 272 g/mol. The molecule has 0 aliphatic carbocycles. The molecular formula is C15H18N2O2S. The van der Waals surface area contributed by atoms with Gasteiger partial charge in [-0.2, -0.15) is 0 Å². The van der Waals surface area contributed by atoms with Gasteiger partial charge in [0.1, 0.15) is 5.25 Å². The third-order valence-electron chi connectivity index (χ3n) is 3.09. The van der Waals surface area contributed by atoms with Crippen molar-refractivity contribution in [3.05, 3.63) is 29.3 Å². The lowest BCUT2D eigenvalue weighted by atomic mass is 10.1. The number of hydrogen-bond acceptors (Lipinski definition) is 4. The molecule has 0 fully saturated rings. The minimum absolute atomic E-state index is 0.246. The Hall–Kier alpha value is -1.62. The van der Waals surface area contributed by atoms with Crippen LogP contribution in [0.4, 0.5) is 5.69 Å². The van der Waals surface area contributed by atoms with Crippen LogP contribution in [0, 0.1) is 13.8 Å². The monoisotopic (exact) mass is 290 g/mol. The highest BCUT2D eigenvalue weighted by molar-refractivity contribution is 8.16. The van der Waals surface area contributed by atoms with E-state index in [1.807, 2.05) is 25.1 Å². The van der Waals surface area contributed by atoms with E-state index in [1.54, 1.807) is 6.92 Å². The minimum Gasteiger partial charge on any atom is -0.465 e. The van der Waals surface area contributed by atoms with E-state index in [0.29, 0.717) is 11.8 Å². The van der Waals surface area contributed by atoms with Crippen LogP contribution in [0.2, 0.25) is 0 Å². The highest BCUT2D eigenvalue weighted by Gasteiger charge is 2.31. The number of thioether (sulfide) groups is 1. The van der Waals surface area contributed by atoms with Gasteiger partial charge in [0.15, 0.2) is 5.17 Å². The second kappa shape index (κ2) is 6.22. The first-order valence-corrected chi connectivity index (χ1v) is 7.43. The normalized spacial score (nSPS) is 20.1. The number of aryl methyl sites for hydroxylation is 2. The first kappa shape index (κ1) is 14.8. The van der Waals surface area contributed by atoms with Crippen molar-refractivity contribution < 1.29 is 9.53 Å². The highest BCUT2D eigenvalue weighted by atomic mass is 32.2. The van der Waals surface area contributed by atoms with Gasteiger partial charge in [-0.05, 0) is 51.0 Å². The zero-order chi connectivity index (χ0) is 14.7. The fourth-order valence-corrected chi connectivity index (χ4v) is 2.77. The van der Waals surface area contributed by atoms with Crippen molar-refractivity contribution in [2.45, 2.75) is 32.9 Å². The smallest absolute Gasteiger partial charge is 0.325 e. The molecule has 0 unspecified atom stereocenters. The van der Waals surface area contributed by atoms with Crippen LogP contribution in [0.5, 0.6) is 0 Å². The van der Waals surface area contributed by atoms with Crippen LogP contribution < -0.4 is 0 Å². The van der Waals surface area contributed by atoms with Crippen molar-refractivity contribution in [3.63, 3.8) is 0 Å². The van der Waals surface area contributed by atoms with Gasteiger partial charge in [0.05, 0.1) is 12.3 Å². The number of benzene rings is 1. The molecule has 2 rings (SSSR count). The summed E-state index contributed by atoms with van der Waals surface area (Å²) in [7, 11) is 0. The summed E-state index contributed by atoms with van der Waals surface area (Å²) in [6.45, 7) is 8.13. The molecule has 0 radical (unpaired) electrons. The number of amidine groups is 1. The van der Waals surface area contributed by atoms with Crippen LogP contribution in [0.1, 0.15) is 25.0 Å². The quantitative estimate of drug-likeness (QED) is 0.801. The molecule has 1 atom stereocenters. The first-order chi connectivity index (χ1) is 9.51. The largest absolute Gasteiger partial charge is 0.465 e. The van der Waals surface area contributed by atoms with Gasteiger partial charge in [0, 0.05) is 5.71 Å². The number of nitrogens with zero attached hydrogens (tertiary/aromatic N) is 2. The second-order valence-corrected chi connectivity index (χ2v) is 5.74. The number of ether oxygens (including phenoxy) is 1. The van der Waals surface area contributed by atoms with Crippen molar-refractivity contribution in [2.24, 2.45) is 9.98 Å². The minimum atomic E-state index is -0.361. The standard InChI is InChI=1S/C15H18N2O2S/c1-5-19-14(18)13-11(4)16-15(20-13)17-12-7-6-9(2)10(3)8-12/h6-8,13H,5H2,1-4H3/t13-/m0/s1. The lowest BCUT2D eigenvalue weighted by molar-refractivity contribution is -0.141. The van der Waals surface area contributed by atoms with Gasteiger partial charge in [-0.15, -0.1) is 0 Å². The van der Waals surface area contributed by atoms with E-state index in [9.17, 15) is 4.79 Å². The second-order valence-electron chi connectivity index (χ2n) is 4.67. The van der Waals surface area contributed by atoms with E-state index >= 15 is 0 Å². The zero-order valence-electron chi connectivity index (χ0n) is 12.1. The number of carbonyl (C=O) groups excluding carboxylic acids is 1. The van der Waals surface area contributed by atoms with Crippen molar-refractivity contribution in [1.29, 1.82) is 0 Å². The van der Waals surface area contributed by atoms with E-state index < -0.39 is 0 Å². The van der Waals surface area contributed by atoms with Crippen LogP contribution in [0.25, 0.3) is 0 Å². The fraction of sp³-hybridized carbons (Fsp3) is 0.400. The number of carbonyl (C=O) groups is 1. The van der Waals surface area contributed by atoms with Gasteiger partial charge in [0.2, 0.25) is 0 Å². The third-order valence-corrected chi connectivity index (χ3v) is 4.25. The zero-order valence-corrected chi connectivity index (χ0v) is 13.0. The summed E-state index contributed by atoms with van der Waals surface area (Å²) in [6, 6.07) is 6.01. The van der Waals surface area contributed by atoms with E-state index in [-0.39, 0.29) is 11.2 Å². The van der Waals surface area contributed by atoms with Gasteiger partial charge >= 0.3 is 5.97 Å². The number of esters is 1. The lowest BCUT2D eigenvalue weighted by Crippen LogP contribution is -2.24. The van der Waals surface area contributed by atoms with Gasteiger partial charge in [-0.25, -0.2) is 9.98 Å². The molecule has 1 heterocycles. The maximum absolute atomic E-state index is 11.8. The van der Waals surface area contributed by atoms with Crippen molar-refractivity contribution in [3.8, 4) is 0 Å². The molecule has 1 aromatic rings. The Morgan fingerprint density at radius 2 is 2.10 bits per heavy atom. The van der Waals surface area contributed by atoms with Crippen molar-refractivity contribution >= 4 is 34.3 Å². The molecule has 0 amide bonds. The Labute approximate surface area is 123 Å². The molecule has 0 saturated heterocycles. The van der Waals surface area contributed by atoms with E-state index in [2.05, 4.69) is 23.8 Å². The average molecular weight is 290 g/mol. The molecule has 4 nitrogen and oxygen atoms in total. The van der Waals surface area contributed by atoms with E-state index in [1.165, 1.54) is 22.9 Å². The molecule has 0 bridgehead atoms. The van der Waals surface area contributed by atoms with Gasteiger partial charge in [-0.1, -0.05) is 17.8 Å². The Morgan fingerprint density at radius 3 is 2.75 bits per heavy atom. The molecule has 1 aliphatic heterocycles. The molecule has 1 aliphatic rings. The molecule has 1 aromatic carbocycles. The molecule has 0 spiro atoms. The van der Waals surface area contributed by atoms with Crippen LogP contribution in [-0.2, 0) is 9.53 Å². The van der Waals surface area contributed by atoms with Crippen LogP contribution in [0.3, 0.4) is 0 Å². The Balaban J connectivity index is 2.17. The maximum Gasteiger partial charge on any atom is 0.325 e. The lowest BCUT2D eigenvalue weighted by Gasteiger charge is -2.07. The Bertz CT molecular complexity index is 594. The Kier molecular flexibility index (Phi) is 4.60. The van der Waals surface area contributed by atoms with Gasteiger partial charge < -0.3 is 4.74 Å². The fourth-order valence-electron chi connectivity index (χ4n) is 1.82. The molecule has 0 N–H and O–H groups in total. The molecule has 0 saturated carbocycles. The summed E-state index contributed by atoms with van der Waals surface area (Å²) in [5, 5.41) is 0.254.